The largest absolute Gasteiger partial charge is 0.478 e. The normalized spacial score (nSPS) is 11.5. The Kier molecular flexibility index (Phi) is 4.49. The van der Waals surface area contributed by atoms with Crippen molar-refractivity contribution in [2.24, 2.45) is 0 Å². The van der Waals surface area contributed by atoms with Crippen LogP contribution >= 0.6 is 0 Å². The predicted octanol–water partition coefficient (Wildman–Crippen LogP) is 1.93. The average Bonchev–Trinajstić information content (AvgIpc) is 1.97. The first-order valence-electron chi connectivity index (χ1n) is 3.07. The highest BCUT2D eigenvalue weighted by molar-refractivity contribution is 5.90. The van der Waals surface area contributed by atoms with Gasteiger partial charge in [-0.2, -0.15) is 0 Å². The molecule has 0 aliphatic rings. The lowest BCUT2D eigenvalue weighted by molar-refractivity contribution is -0.132. The fourth-order valence-corrected chi connectivity index (χ4v) is 0.497. The first-order valence-corrected chi connectivity index (χ1v) is 3.07. The van der Waals surface area contributed by atoms with Gasteiger partial charge in [-0.25, -0.2) is 4.79 Å². The Hall–Kier alpha value is -1.57. The molecule has 0 fully saturated rings. The zero-order valence-electron chi connectivity index (χ0n) is 6.16. The average molecular weight is 150 g/mol. The minimum atomic E-state index is -0.969. The molecule has 0 aromatic heterocycles. The highest BCUT2D eigenvalue weighted by Gasteiger charge is 1.98. The third-order valence-corrected chi connectivity index (χ3v) is 0.956. The molecular formula is C9H10O2. The highest BCUT2D eigenvalue weighted by atomic mass is 16.4. The maximum absolute atomic E-state index is 10.4. The second kappa shape index (κ2) is 5.23. The fourth-order valence-electron chi connectivity index (χ4n) is 0.497. The van der Waals surface area contributed by atoms with Gasteiger partial charge in [0.05, 0.1) is 5.57 Å². The van der Waals surface area contributed by atoms with Gasteiger partial charge in [-0.15, -0.1) is 0 Å². The Morgan fingerprint density at radius 2 is 1.91 bits per heavy atom. The van der Waals surface area contributed by atoms with Crippen molar-refractivity contribution >= 4 is 5.97 Å². The molecule has 0 aliphatic heterocycles. The van der Waals surface area contributed by atoms with E-state index in [1.807, 2.05) is 0 Å². The van der Waals surface area contributed by atoms with Crippen molar-refractivity contribution in [1.82, 2.24) is 0 Å². The van der Waals surface area contributed by atoms with E-state index in [1.54, 1.807) is 6.08 Å². The van der Waals surface area contributed by atoms with Crippen LogP contribution in [0.15, 0.2) is 49.1 Å². The van der Waals surface area contributed by atoms with Crippen LogP contribution in [0.25, 0.3) is 0 Å². The van der Waals surface area contributed by atoms with Gasteiger partial charge in [0.1, 0.15) is 0 Å². The van der Waals surface area contributed by atoms with Crippen molar-refractivity contribution < 1.29 is 9.90 Å². The van der Waals surface area contributed by atoms with Crippen molar-refractivity contribution in [3.05, 3.63) is 49.1 Å². The summed E-state index contributed by atoms with van der Waals surface area (Å²) in [5, 5.41) is 8.53. The summed E-state index contributed by atoms with van der Waals surface area (Å²) in [5.41, 5.74) is 0.194. The summed E-state index contributed by atoms with van der Waals surface area (Å²) < 4.78 is 0. The molecule has 0 heterocycles. The van der Waals surface area contributed by atoms with Gasteiger partial charge in [0.15, 0.2) is 0 Å². The number of allylic oxidation sites excluding steroid dienone is 4. The first kappa shape index (κ1) is 9.43. The van der Waals surface area contributed by atoms with E-state index >= 15 is 0 Å². The number of hydrogen-bond donors (Lipinski definition) is 1. The summed E-state index contributed by atoms with van der Waals surface area (Å²) >= 11 is 0. The van der Waals surface area contributed by atoms with E-state index in [4.69, 9.17) is 5.11 Å². The molecule has 0 radical (unpaired) electrons. The quantitative estimate of drug-likeness (QED) is 0.491. The fraction of sp³-hybridized carbons (Fsp3) is 0. The van der Waals surface area contributed by atoms with Crippen LogP contribution in [0.4, 0.5) is 0 Å². The maximum atomic E-state index is 10.4. The van der Waals surface area contributed by atoms with Gasteiger partial charge in [0.2, 0.25) is 0 Å². The lowest BCUT2D eigenvalue weighted by Crippen LogP contribution is -1.96. The summed E-state index contributed by atoms with van der Waals surface area (Å²) in [4.78, 5) is 10.4. The molecule has 0 aliphatic carbocycles. The smallest absolute Gasteiger partial charge is 0.335 e. The topological polar surface area (TPSA) is 37.3 Å². The van der Waals surface area contributed by atoms with Crippen LogP contribution in [-0.2, 0) is 4.79 Å². The summed E-state index contributed by atoms with van der Waals surface area (Å²) in [6.07, 6.45) is 7.37. The number of aliphatic carboxylic acids is 1. The molecule has 2 heteroatoms. The van der Waals surface area contributed by atoms with Crippen LogP contribution in [0, 0.1) is 0 Å². The van der Waals surface area contributed by atoms with Crippen LogP contribution < -0.4 is 0 Å². The summed E-state index contributed by atoms with van der Waals surface area (Å²) in [5.74, 6) is -0.969. The van der Waals surface area contributed by atoms with E-state index in [9.17, 15) is 4.79 Å². The van der Waals surface area contributed by atoms with E-state index in [2.05, 4.69) is 13.2 Å². The molecule has 0 saturated heterocycles. The first-order chi connectivity index (χ1) is 5.22. The van der Waals surface area contributed by atoms with Gasteiger partial charge in [-0.1, -0.05) is 31.4 Å². The Balaban J connectivity index is 4.47. The Morgan fingerprint density at radius 3 is 2.27 bits per heavy atom. The standard InChI is InChI=1S/C9H10O2/c1-3-5-7-8(6-4-2)9(10)11/h3-7H,1-2H2,(H,10,11). The van der Waals surface area contributed by atoms with Crippen molar-refractivity contribution in [2.75, 3.05) is 0 Å². The SMILES string of the molecule is C=CC=CC(=CC=C)C(=O)O. The molecule has 0 aromatic rings. The molecule has 0 amide bonds. The van der Waals surface area contributed by atoms with E-state index in [-0.39, 0.29) is 5.57 Å². The molecule has 1 N–H and O–H groups in total. The van der Waals surface area contributed by atoms with Gasteiger partial charge in [-0.05, 0) is 12.2 Å². The molecular weight excluding hydrogens is 140 g/mol. The molecule has 58 valence electrons. The van der Waals surface area contributed by atoms with Crippen LogP contribution in [0.3, 0.4) is 0 Å². The molecule has 0 aromatic carbocycles. The van der Waals surface area contributed by atoms with Crippen LogP contribution in [0.2, 0.25) is 0 Å². The second-order valence-electron chi connectivity index (χ2n) is 1.76. The van der Waals surface area contributed by atoms with Gasteiger partial charge < -0.3 is 5.11 Å². The molecule has 0 bridgehead atoms. The van der Waals surface area contributed by atoms with Crippen LogP contribution in [0.5, 0.6) is 0 Å². The Morgan fingerprint density at radius 1 is 1.27 bits per heavy atom. The molecule has 0 saturated carbocycles. The second-order valence-corrected chi connectivity index (χ2v) is 1.76. The van der Waals surface area contributed by atoms with Crippen LogP contribution in [0.1, 0.15) is 0 Å². The number of carboxylic acids is 1. The van der Waals surface area contributed by atoms with Gasteiger partial charge in [0, 0.05) is 0 Å². The number of rotatable bonds is 4. The van der Waals surface area contributed by atoms with Gasteiger partial charge in [0.25, 0.3) is 0 Å². The minimum absolute atomic E-state index is 0.194. The molecule has 0 atom stereocenters. The predicted molar refractivity (Wildman–Crippen MR) is 45.3 cm³/mol. The molecule has 2 nitrogen and oxygen atoms in total. The lowest BCUT2D eigenvalue weighted by atomic mass is 10.2. The zero-order chi connectivity index (χ0) is 8.69. The van der Waals surface area contributed by atoms with Crippen molar-refractivity contribution in [1.29, 1.82) is 0 Å². The lowest BCUT2D eigenvalue weighted by Gasteiger charge is -1.89. The summed E-state index contributed by atoms with van der Waals surface area (Å²) in [6.45, 7) is 6.81. The van der Waals surface area contributed by atoms with E-state index in [0.717, 1.165) is 0 Å². The number of hydrogen-bond acceptors (Lipinski definition) is 1. The highest BCUT2D eigenvalue weighted by Crippen LogP contribution is 1.97. The Bertz CT molecular complexity index is 222. The van der Waals surface area contributed by atoms with E-state index in [1.165, 1.54) is 24.3 Å². The summed E-state index contributed by atoms with van der Waals surface area (Å²) in [7, 11) is 0. The molecule has 0 rings (SSSR count). The summed E-state index contributed by atoms with van der Waals surface area (Å²) in [6, 6.07) is 0. The third-order valence-electron chi connectivity index (χ3n) is 0.956. The van der Waals surface area contributed by atoms with Crippen LogP contribution in [-0.4, -0.2) is 11.1 Å². The van der Waals surface area contributed by atoms with E-state index < -0.39 is 5.97 Å². The van der Waals surface area contributed by atoms with Crippen molar-refractivity contribution in [3.8, 4) is 0 Å². The monoisotopic (exact) mass is 150 g/mol. The molecule has 0 spiro atoms. The zero-order valence-corrected chi connectivity index (χ0v) is 6.16. The van der Waals surface area contributed by atoms with Crippen molar-refractivity contribution in [2.45, 2.75) is 0 Å². The molecule has 11 heavy (non-hydrogen) atoms. The van der Waals surface area contributed by atoms with Gasteiger partial charge >= 0.3 is 5.97 Å². The number of carboxylic acid groups (broad SMARTS) is 1. The Labute approximate surface area is 65.9 Å². The van der Waals surface area contributed by atoms with E-state index in [0.29, 0.717) is 0 Å². The maximum Gasteiger partial charge on any atom is 0.335 e. The van der Waals surface area contributed by atoms with Gasteiger partial charge in [-0.3, -0.25) is 0 Å². The minimum Gasteiger partial charge on any atom is -0.478 e. The molecule has 0 unspecified atom stereocenters. The number of carbonyl (C=O) groups is 1. The van der Waals surface area contributed by atoms with Crippen molar-refractivity contribution in [3.63, 3.8) is 0 Å². The third kappa shape index (κ3) is 3.92.